The van der Waals surface area contributed by atoms with Crippen LogP contribution in [0, 0.1) is 11.6 Å². The van der Waals surface area contributed by atoms with Crippen LogP contribution < -0.4 is 0 Å². The minimum Gasteiger partial charge on any atom is -0.224 e. The van der Waals surface area contributed by atoms with E-state index >= 15 is 0 Å². The predicted molar refractivity (Wildman–Crippen MR) is 61.6 cm³/mol. The van der Waals surface area contributed by atoms with E-state index < -0.39 is 11.6 Å². The van der Waals surface area contributed by atoms with Gasteiger partial charge in [0.05, 0.1) is 11.6 Å². The molecule has 3 rings (SSSR count). The highest BCUT2D eigenvalue weighted by Crippen LogP contribution is 2.22. The van der Waals surface area contributed by atoms with Crippen molar-refractivity contribution in [3.05, 3.63) is 47.5 Å². The first-order valence-corrected chi connectivity index (χ1v) is 5.34. The quantitative estimate of drug-likeness (QED) is 0.636. The summed E-state index contributed by atoms with van der Waals surface area (Å²) in [6.45, 7) is 0. The molecule has 0 N–H and O–H groups in total. The van der Waals surface area contributed by atoms with Crippen molar-refractivity contribution in [3.8, 4) is 5.69 Å². The maximum Gasteiger partial charge on any atom is 0.167 e. The van der Waals surface area contributed by atoms with Crippen LogP contribution in [0.4, 0.5) is 8.78 Å². The Labute approximate surface area is 105 Å². The van der Waals surface area contributed by atoms with E-state index in [4.69, 9.17) is 11.6 Å². The van der Waals surface area contributed by atoms with E-state index in [1.807, 2.05) is 0 Å². The number of hydrogen-bond donors (Lipinski definition) is 0. The van der Waals surface area contributed by atoms with E-state index in [1.54, 1.807) is 0 Å². The first-order valence-electron chi connectivity index (χ1n) is 4.96. The monoisotopic (exact) mass is 266 g/mol. The molecule has 0 radical (unpaired) electrons. The third-order valence-electron chi connectivity index (χ3n) is 2.46. The van der Waals surface area contributed by atoms with Crippen LogP contribution in [0.5, 0.6) is 0 Å². The molecular weight excluding hydrogens is 262 g/mol. The lowest BCUT2D eigenvalue weighted by Gasteiger charge is -2.04. The molecule has 0 bridgehead atoms. The second kappa shape index (κ2) is 3.99. The standard InChI is InChI=1S/C11H5ClF2N4/c12-10-7-4-17-18(11(7)16-5-15-10)9-2-1-6(13)3-8(9)14/h1-5H. The molecule has 7 heteroatoms. The molecule has 0 fully saturated rings. The SMILES string of the molecule is Fc1ccc(-n2ncc3c(Cl)ncnc32)c(F)c1. The van der Waals surface area contributed by atoms with Gasteiger partial charge >= 0.3 is 0 Å². The highest BCUT2D eigenvalue weighted by Gasteiger charge is 2.13. The lowest BCUT2D eigenvalue weighted by Crippen LogP contribution is -2.01. The van der Waals surface area contributed by atoms with Crippen molar-refractivity contribution < 1.29 is 8.78 Å². The third-order valence-corrected chi connectivity index (χ3v) is 2.76. The van der Waals surface area contributed by atoms with Gasteiger partial charge in [-0.1, -0.05) is 11.6 Å². The molecule has 3 aromatic rings. The van der Waals surface area contributed by atoms with Gasteiger partial charge < -0.3 is 0 Å². The van der Waals surface area contributed by atoms with Crippen molar-refractivity contribution >= 4 is 22.6 Å². The van der Waals surface area contributed by atoms with Gasteiger partial charge in [-0.3, -0.25) is 0 Å². The van der Waals surface area contributed by atoms with Gasteiger partial charge in [-0.25, -0.2) is 23.4 Å². The second-order valence-corrected chi connectivity index (χ2v) is 3.91. The van der Waals surface area contributed by atoms with E-state index in [2.05, 4.69) is 15.1 Å². The molecule has 0 saturated carbocycles. The molecule has 0 saturated heterocycles. The summed E-state index contributed by atoms with van der Waals surface area (Å²) in [7, 11) is 0. The fourth-order valence-electron chi connectivity index (χ4n) is 1.64. The van der Waals surface area contributed by atoms with Gasteiger partial charge in [-0.15, -0.1) is 0 Å². The molecule has 0 aliphatic carbocycles. The van der Waals surface area contributed by atoms with Gasteiger partial charge in [-0.05, 0) is 12.1 Å². The zero-order valence-corrected chi connectivity index (χ0v) is 9.57. The molecule has 0 atom stereocenters. The summed E-state index contributed by atoms with van der Waals surface area (Å²) in [6, 6.07) is 3.22. The maximum atomic E-state index is 13.7. The normalized spacial score (nSPS) is 11.1. The molecule has 0 spiro atoms. The Bertz CT molecular complexity index is 741. The molecule has 0 aliphatic rings. The molecule has 2 aromatic heterocycles. The van der Waals surface area contributed by atoms with Crippen LogP contribution >= 0.6 is 11.6 Å². The lowest BCUT2D eigenvalue weighted by molar-refractivity contribution is 0.574. The van der Waals surface area contributed by atoms with Crippen LogP contribution in [0.15, 0.2) is 30.7 Å². The molecule has 90 valence electrons. The Hall–Kier alpha value is -2.08. The summed E-state index contributed by atoms with van der Waals surface area (Å²) in [5, 5.41) is 4.72. The number of aromatic nitrogens is 4. The number of rotatable bonds is 1. The molecule has 1 aromatic carbocycles. The predicted octanol–water partition coefficient (Wildman–Crippen LogP) is 2.75. The van der Waals surface area contributed by atoms with Gasteiger partial charge in [0.1, 0.15) is 23.0 Å². The van der Waals surface area contributed by atoms with E-state index in [0.29, 0.717) is 11.0 Å². The van der Waals surface area contributed by atoms with E-state index in [-0.39, 0.29) is 10.8 Å². The Morgan fingerprint density at radius 3 is 2.78 bits per heavy atom. The van der Waals surface area contributed by atoms with Crippen molar-refractivity contribution in [1.29, 1.82) is 0 Å². The fourth-order valence-corrected chi connectivity index (χ4v) is 1.82. The molecule has 18 heavy (non-hydrogen) atoms. The van der Waals surface area contributed by atoms with Gasteiger partial charge in [0.15, 0.2) is 11.5 Å². The summed E-state index contributed by atoms with van der Waals surface area (Å²) >= 11 is 5.86. The largest absolute Gasteiger partial charge is 0.224 e. The number of halogens is 3. The van der Waals surface area contributed by atoms with Crippen molar-refractivity contribution in [2.45, 2.75) is 0 Å². The van der Waals surface area contributed by atoms with Gasteiger partial charge in [-0.2, -0.15) is 5.10 Å². The first-order chi connectivity index (χ1) is 8.66. The molecule has 2 heterocycles. The second-order valence-electron chi connectivity index (χ2n) is 3.55. The lowest BCUT2D eigenvalue weighted by atomic mass is 10.3. The highest BCUT2D eigenvalue weighted by atomic mass is 35.5. The van der Waals surface area contributed by atoms with Crippen LogP contribution in [0.1, 0.15) is 0 Å². The van der Waals surface area contributed by atoms with Gasteiger partial charge in [0.2, 0.25) is 0 Å². The summed E-state index contributed by atoms with van der Waals surface area (Å²) in [5.74, 6) is -1.38. The average Bonchev–Trinajstić information content (AvgIpc) is 2.74. The number of fused-ring (bicyclic) bond motifs is 1. The maximum absolute atomic E-state index is 13.7. The minimum atomic E-state index is -0.727. The Balaban J connectivity index is 2.29. The molecule has 0 unspecified atom stereocenters. The van der Waals surface area contributed by atoms with Crippen molar-refractivity contribution in [2.75, 3.05) is 0 Å². The van der Waals surface area contributed by atoms with E-state index in [0.717, 1.165) is 12.1 Å². The highest BCUT2D eigenvalue weighted by molar-refractivity contribution is 6.33. The first kappa shape index (κ1) is 11.0. The van der Waals surface area contributed by atoms with Crippen LogP contribution in [0.3, 0.4) is 0 Å². The van der Waals surface area contributed by atoms with Gasteiger partial charge in [0, 0.05) is 6.07 Å². The van der Waals surface area contributed by atoms with E-state index in [9.17, 15) is 8.78 Å². The number of hydrogen-bond acceptors (Lipinski definition) is 3. The van der Waals surface area contributed by atoms with Crippen LogP contribution in [0.25, 0.3) is 16.7 Å². The molecule has 4 nitrogen and oxygen atoms in total. The van der Waals surface area contributed by atoms with E-state index in [1.165, 1.54) is 23.3 Å². The Morgan fingerprint density at radius 1 is 1.17 bits per heavy atom. The Morgan fingerprint density at radius 2 is 2.00 bits per heavy atom. The van der Waals surface area contributed by atoms with Crippen LogP contribution in [0.2, 0.25) is 5.15 Å². The smallest absolute Gasteiger partial charge is 0.167 e. The van der Waals surface area contributed by atoms with Crippen molar-refractivity contribution in [1.82, 2.24) is 19.7 Å². The number of benzene rings is 1. The minimum absolute atomic E-state index is 0.0983. The third kappa shape index (κ3) is 1.62. The van der Waals surface area contributed by atoms with Gasteiger partial charge in [0.25, 0.3) is 0 Å². The summed E-state index contributed by atoms with van der Waals surface area (Å²) in [4.78, 5) is 7.78. The zero-order chi connectivity index (χ0) is 12.7. The average molecular weight is 267 g/mol. The van der Waals surface area contributed by atoms with Crippen molar-refractivity contribution in [3.63, 3.8) is 0 Å². The number of nitrogens with zero attached hydrogens (tertiary/aromatic N) is 4. The summed E-state index contributed by atoms with van der Waals surface area (Å²) in [5.41, 5.74) is 0.460. The van der Waals surface area contributed by atoms with Crippen LogP contribution in [-0.2, 0) is 0 Å². The topological polar surface area (TPSA) is 43.6 Å². The zero-order valence-electron chi connectivity index (χ0n) is 8.81. The molecule has 0 amide bonds. The summed E-state index contributed by atoms with van der Waals surface area (Å²) < 4.78 is 27.8. The fraction of sp³-hybridized carbons (Fsp3) is 0. The van der Waals surface area contributed by atoms with Crippen molar-refractivity contribution in [2.24, 2.45) is 0 Å². The molecule has 0 aliphatic heterocycles. The summed E-state index contributed by atoms with van der Waals surface area (Å²) in [6.07, 6.45) is 2.69. The van der Waals surface area contributed by atoms with Crippen LogP contribution in [-0.4, -0.2) is 19.7 Å². The Kier molecular flexibility index (Phi) is 2.45. The molecular formula is C11H5ClF2N4.